The van der Waals surface area contributed by atoms with Gasteiger partial charge in [-0.25, -0.2) is 4.79 Å². The summed E-state index contributed by atoms with van der Waals surface area (Å²) >= 11 is 0. The summed E-state index contributed by atoms with van der Waals surface area (Å²) in [6.07, 6.45) is -1.29. The van der Waals surface area contributed by atoms with Gasteiger partial charge in [-0.05, 0) is 22.6 Å². The second kappa shape index (κ2) is 11.1. The van der Waals surface area contributed by atoms with E-state index >= 15 is 0 Å². The van der Waals surface area contributed by atoms with Crippen LogP contribution in [0.1, 0.15) is 19.4 Å². The van der Waals surface area contributed by atoms with Crippen LogP contribution in [0.2, 0.25) is 0 Å². The summed E-state index contributed by atoms with van der Waals surface area (Å²) in [5.74, 6) is -1.53. The summed E-state index contributed by atoms with van der Waals surface area (Å²) in [6, 6.07) is 16.0. The lowest BCUT2D eigenvalue weighted by molar-refractivity contribution is -0.126. The van der Waals surface area contributed by atoms with Gasteiger partial charge in [0.25, 0.3) is 0 Å². The van der Waals surface area contributed by atoms with Crippen LogP contribution in [-0.2, 0) is 16.0 Å². The number of hydrogen-bond acceptors (Lipinski definition) is 4. The van der Waals surface area contributed by atoms with Gasteiger partial charge in [0.1, 0.15) is 12.1 Å². The van der Waals surface area contributed by atoms with Crippen LogP contribution in [0, 0.1) is 5.92 Å². The molecule has 4 amide bonds. The maximum absolute atomic E-state index is 12.7. The zero-order valence-corrected chi connectivity index (χ0v) is 17.8. The number of aliphatic hydroxyl groups excluding tert-OH is 1. The molecule has 6 N–H and O–H groups in total. The van der Waals surface area contributed by atoms with Crippen LogP contribution in [0.3, 0.4) is 0 Å². The maximum atomic E-state index is 12.7. The first-order valence-electron chi connectivity index (χ1n) is 10.1. The fourth-order valence-corrected chi connectivity index (χ4v) is 3.14. The average Bonchev–Trinajstić information content (AvgIpc) is 2.73. The van der Waals surface area contributed by atoms with Gasteiger partial charge in [0.15, 0.2) is 0 Å². The van der Waals surface area contributed by atoms with E-state index in [1.165, 1.54) is 4.90 Å². The molecule has 2 aromatic carbocycles. The molecule has 0 spiro atoms. The fraction of sp³-hybridized carbons (Fsp3) is 0.348. The number of primary amides is 2. The van der Waals surface area contributed by atoms with E-state index in [2.05, 4.69) is 5.32 Å². The predicted octanol–water partition coefficient (Wildman–Crippen LogP) is 1.26. The highest BCUT2D eigenvalue weighted by atomic mass is 16.3. The third-order valence-corrected chi connectivity index (χ3v) is 4.74. The highest BCUT2D eigenvalue weighted by Gasteiger charge is 2.25. The minimum absolute atomic E-state index is 0.0726. The van der Waals surface area contributed by atoms with Gasteiger partial charge in [0, 0.05) is 13.0 Å². The van der Waals surface area contributed by atoms with E-state index in [1.54, 1.807) is 0 Å². The van der Waals surface area contributed by atoms with Gasteiger partial charge >= 0.3 is 6.03 Å². The van der Waals surface area contributed by atoms with E-state index in [4.69, 9.17) is 11.5 Å². The molecule has 2 rings (SSSR count). The average molecular weight is 427 g/mol. The molecule has 1 unspecified atom stereocenters. The van der Waals surface area contributed by atoms with Crippen LogP contribution >= 0.6 is 0 Å². The molecule has 2 aromatic rings. The first-order valence-corrected chi connectivity index (χ1v) is 10.1. The Bertz CT molecular complexity index is 884. The van der Waals surface area contributed by atoms with Crippen LogP contribution in [0.4, 0.5) is 4.79 Å². The van der Waals surface area contributed by atoms with Gasteiger partial charge < -0.3 is 26.8 Å². The second-order valence-electron chi connectivity index (χ2n) is 7.89. The molecular formula is C23H30N4O4. The van der Waals surface area contributed by atoms with Crippen molar-refractivity contribution in [3.05, 3.63) is 60.2 Å². The quantitative estimate of drug-likeness (QED) is 0.454. The molecular weight excluding hydrogens is 396 g/mol. The summed E-state index contributed by atoms with van der Waals surface area (Å²) in [5, 5.41) is 12.4. The molecule has 0 aliphatic heterocycles. The number of nitrogens with one attached hydrogen (secondary N) is 1. The lowest BCUT2D eigenvalue weighted by Gasteiger charge is -2.28. The standard InChI is InChI=1S/C23H30N4O4/c1-15(2)13-27(14-20(28)22(25)30)23(31)26-19(21(24)29)12-16-8-10-18(11-9-16)17-6-4-3-5-7-17/h3-11,15,19-20,28H,12-14H2,1-2H3,(H2,24,29)(H2,25,30)(H,26,31)/t19-,20?/m0/s1. The van der Waals surface area contributed by atoms with Crippen LogP contribution in [0.25, 0.3) is 11.1 Å². The molecule has 0 radical (unpaired) electrons. The van der Waals surface area contributed by atoms with Crippen molar-refractivity contribution in [3.63, 3.8) is 0 Å². The van der Waals surface area contributed by atoms with Crippen LogP contribution < -0.4 is 16.8 Å². The van der Waals surface area contributed by atoms with Gasteiger partial charge in [0.05, 0.1) is 6.54 Å². The number of aliphatic hydroxyl groups is 1. The van der Waals surface area contributed by atoms with Crippen LogP contribution in [0.15, 0.2) is 54.6 Å². The maximum Gasteiger partial charge on any atom is 0.318 e. The molecule has 8 nitrogen and oxygen atoms in total. The van der Waals surface area contributed by atoms with E-state index in [0.29, 0.717) is 0 Å². The molecule has 0 fully saturated rings. The van der Waals surface area contributed by atoms with Crippen molar-refractivity contribution in [2.75, 3.05) is 13.1 Å². The monoisotopic (exact) mass is 426 g/mol. The Morgan fingerprint density at radius 2 is 1.48 bits per heavy atom. The number of urea groups is 1. The van der Waals surface area contributed by atoms with Crippen LogP contribution in [-0.4, -0.2) is 53.1 Å². The number of hydrogen-bond donors (Lipinski definition) is 4. The van der Waals surface area contributed by atoms with Crippen LogP contribution in [0.5, 0.6) is 0 Å². The Hall–Kier alpha value is -3.39. The highest BCUT2D eigenvalue weighted by Crippen LogP contribution is 2.19. The Morgan fingerprint density at radius 3 is 2.00 bits per heavy atom. The third-order valence-electron chi connectivity index (χ3n) is 4.74. The number of rotatable bonds is 10. The zero-order chi connectivity index (χ0) is 23.0. The lowest BCUT2D eigenvalue weighted by atomic mass is 10.0. The molecule has 0 bridgehead atoms. The van der Waals surface area contributed by atoms with Crippen molar-refractivity contribution in [1.82, 2.24) is 10.2 Å². The van der Waals surface area contributed by atoms with E-state index in [-0.39, 0.29) is 25.4 Å². The second-order valence-corrected chi connectivity index (χ2v) is 7.89. The molecule has 31 heavy (non-hydrogen) atoms. The van der Waals surface area contributed by atoms with Gasteiger partial charge in [-0.3, -0.25) is 9.59 Å². The fourth-order valence-electron chi connectivity index (χ4n) is 3.14. The van der Waals surface area contributed by atoms with Crippen molar-refractivity contribution in [2.24, 2.45) is 17.4 Å². The first kappa shape index (κ1) is 23.9. The largest absolute Gasteiger partial charge is 0.381 e. The van der Waals surface area contributed by atoms with Crippen molar-refractivity contribution in [3.8, 4) is 11.1 Å². The van der Waals surface area contributed by atoms with Gasteiger partial charge in [-0.15, -0.1) is 0 Å². The summed E-state index contributed by atoms with van der Waals surface area (Å²) in [5.41, 5.74) is 13.5. The number of amides is 4. The SMILES string of the molecule is CC(C)CN(CC(O)C(N)=O)C(=O)N[C@@H](Cc1ccc(-c2ccccc2)cc1)C(N)=O. The normalized spacial score (nSPS) is 12.8. The number of benzene rings is 2. The Labute approximate surface area is 182 Å². The van der Waals surface area contributed by atoms with Crippen molar-refractivity contribution < 1.29 is 19.5 Å². The zero-order valence-electron chi connectivity index (χ0n) is 17.8. The summed E-state index contributed by atoms with van der Waals surface area (Å²) in [7, 11) is 0. The Kier molecular flexibility index (Phi) is 8.57. The number of carbonyl (C=O) groups excluding carboxylic acids is 3. The minimum atomic E-state index is -1.50. The molecule has 0 aliphatic carbocycles. The highest BCUT2D eigenvalue weighted by molar-refractivity contribution is 5.86. The lowest BCUT2D eigenvalue weighted by Crippen LogP contribution is -2.54. The summed E-state index contributed by atoms with van der Waals surface area (Å²) in [6.45, 7) is 3.78. The predicted molar refractivity (Wildman–Crippen MR) is 119 cm³/mol. The molecule has 0 saturated carbocycles. The van der Waals surface area contributed by atoms with Crippen molar-refractivity contribution in [2.45, 2.75) is 32.4 Å². The number of nitrogens with zero attached hydrogens (tertiary/aromatic N) is 1. The molecule has 166 valence electrons. The Morgan fingerprint density at radius 1 is 0.903 bits per heavy atom. The third kappa shape index (κ3) is 7.42. The minimum Gasteiger partial charge on any atom is -0.381 e. The molecule has 8 heteroatoms. The molecule has 2 atom stereocenters. The summed E-state index contributed by atoms with van der Waals surface area (Å²) in [4.78, 5) is 37.1. The molecule has 0 aromatic heterocycles. The van der Waals surface area contributed by atoms with Gasteiger partial charge in [-0.2, -0.15) is 0 Å². The van der Waals surface area contributed by atoms with Gasteiger partial charge in [0.2, 0.25) is 11.8 Å². The van der Waals surface area contributed by atoms with E-state index in [1.807, 2.05) is 68.4 Å². The number of nitrogens with two attached hydrogens (primary N) is 2. The number of carbonyl (C=O) groups is 3. The van der Waals surface area contributed by atoms with Crippen molar-refractivity contribution in [1.29, 1.82) is 0 Å². The Balaban J connectivity index is 2.09. The van der Waals surface area contributed by atoms with E-state index in [0.717, 1.165) is 16.7 Å². The smallest absolute Gasteiger partial charge is 0.318 e. The molecule has 0 heterocycles. The van der Waals surface area contributed by atoms with Gasteiger partial charge in [-0.1, -0.05) is 68.4 Å². The summed E-state index contributed by atoms with van der Waals surface area (Å²) < 4.78 is 0. The topological polar surface area (TPSA) is 139 Å². The molecule has 0 aliphatic rings. The first-order chi connectivity index (χ1) is 14.7. The molecule has 0 saturated heterocycles. The van der Waals surface area contributed by atoms with E-state index in [9.17, 15) is 19.5 Å². The van der Waals surface area contributed by atoms with E-state index < -0.39 is 30.0 Å². The van der Waals surface area contributed by atoms with Crippen molar-refractivity contribution >= 4 is 17.8 Å².